The summed E-state index contributed by atoms with van der Waals surface area (Å²) in [6.07, 6.45) is 6.75. The number of halogens is 1. The zero-order chi connectivity index (χ0) is 13.0. The first-order chi connectivity index (χ1) is 8.67. The second-order valence-corrected chi connectivity index (χ2v) is 5.35. The van der Waals surface area contributed by atoms with Gasteiger partial charge in [0.05, 0.1) is 18.4 Å². The van der Waals surface area contributed by atoms with Gasteiger partial charge in [0.25, 0.3) is 5.91 Å². The van der Waals surface area contributed by atoms with Gasteiger partial charge in [0.15, 0.2) is 0 Å². The Kier molecular flexibility index (Phi) is 4.30. The van der Waals surface area contributed by atoms with Crippen molar-refractivity contribution in [2.45, 2.75) is 32.1 Å². The molecule has 0 bridgehead atoms. The Morgan fingerprint density at radius 2 is 2.17 bits per heavy atom. The van der Waals surface area contributed by atoms with Gasteiger partial charge in [-0.05, 0) is 30.5 Å². The van der Waals surface area contributed by atoms with Crippen molar-refractivity contribution in [3.8, 4) is 0 Å². The van der Waals surface area contributed by atoms with Crippen LogP contribution < -0.4 is 5.32 Å². The number of aliphatic hydroxyl groups is 1. The van der Waals surface area contributed by atoms with Gasteiger partial charge < -0.3 is 14.8 Å². The van der Waals surface area contributed by atoms with Gasteiger partial charge >= 0.3 is 0 Å². The molecule has 1 amide bonds. The molecule has 1 fully saturated rings. The van der Waals surface area contributed by atoms with Crippen LogP contribution in [0, 0.1) is 5.41 Å². The minimum Gasteiger partial charge on any atom is -0.452 e. The van der Waals surface area contributed by atoms with Crippen LogP contribution in [0.15, 0.2) is 16.7 Å². The maximum Gasteiger partial charge on any atom is 0.256 e. The van der Waals surface area contributed by atoms with E-state index in [4.69, 9.17) is 16.0 Å². The molecule has 18 heavy (non-hydrogen) atoms. The third kappa shape index (κ3) is 2.87. The summed E-state index contributed by atoms with van der Waals surface area (Å²) >= 11 is 5.75. The summed E-state index contributed by atoms with van der Waals surface area (Å²) in [6.45, 7) is 0.607. The zero-order valence-corrected chi connectivity index (χ0v) is 11.0. The molecule has 0 aromatic carbocycles. The van der Waals surface area contributed by atoms with Crippen LogP contribution in [0.1, 0.15) is 42.5 Å². The zero-order valence-electron chi connectivity index (χ0n) is 10.2. The lowest BCUT2D eigenvalue weighted by Crippen LogP contribution is -2.41. The van der Waals surface area contributed by atoms with Gasteiger partial charge in [0, 0.05) is 12.0 Å². The molecular weight excluding hydrogens is 254 g/mol. The monoisotopic (exact) mass is 271 g/mol. The molecule has 2 rings (SSSR count). The molecule has 2 N–H and O–H groups in total. The predicted molar refractivity (Wildman–Crippen MR) is 68.7 cm³/mol. The Balaban J connectivity index is 1.94. The highest BCUT2D eigenvalue weighted by molar-refractivity contribution is 6.32. The average molecular weight is 272 g/mol. The molecular formula is C13H18ClNO3. The van der Waals surface area contributed by atoms with Crippen LogP contribution in [0.3, 0.4) is 0 Å². The van der Waals surface area contributed by atoms with Crippen LogP contribution in [0.25, 0.3) is 0 Å². The molecule has 0 atom stereocenters. The number of amides is 1. The molecule has 0 saturated heterocycles. The van der Waals surface area contributed by atoms with Gasteiger partial charge in [-0.1, -0.05) is 19.3 Å². The lowest BCUT2D eigenvalue weighted by Gasteiger charge is -2.35. The standard InChI is InChI=1S/C13H18ClNO3/c14-11-10(4-7-18-11)12(17)15-8-13(9-16)5-2-1-3-6-13/h4,7,16H,1-3,5-6,8-9H2,(H,15,17). The quantitative estimate of drug-likeness (QED) is 0.885. The van der Waals surface area contributed by atoms with Gasteiger partial charge in [-0.2, -0.15) is 0 Å². The van der Waals surface area contributed by atoms with E-state index in [1.807, 2.05) is 0 Å². The van der Waals surface area contributed by atoms with Gasteiger partial charge in [0.1, 0.15) is 0 Å². The molecule has 1 aromatic rings. The molecule has 1 aromatic heterocycles. The summed E-state index contributed by atoms with van der Waals surface area (Å²) in [4.78, 5) is 11.9. The highest BCUT2D eigenvalue weighted by atomic mass is 35.5. The number of aliphatic hydroxyl groups excluding tert-OH is 1. The largest absolute Gasteiger partial charge is 0.452 e. The third-order valence-corrected chi connectivity index (χ3v) is 4.03. The number of hydrogen-bond acceptors (Lipinski definition) is 3. The van der Waals surface area contributed by atoms with E-state index in [0.29, 0.717) is 12.1 Å². The Bertz CT molecular complexity index is 410. The molecule has 0 radical (unpaired) electrons. The molecule has 1 heterocycles. The number of carbonyl (C=O) groups excluding carboxylic acids is 1. The minimum absolute atomic E-state index is 0.106. The molecule has 100 valence electrons. The van der Waals surface area contributed by atoms with Crippen molar-refractivity contribution in [3.63, 3.8) is 0 Å². The summed E-state index contributed by atoms with van der Waals surface area (Å²) < 4.78 is 4.88. The second kappa shape index (κ2) is 5.76. The summed E-state index contributed by atoms with van der Waals surface area (Å²) in [5.74, 6) is -0.243. The van der Waals surface area contributed by atoms with E-state index < -0.39 is 0 Å². The number of hydrogen-bond donors (Lipinski definition) is 2. The molecule has 0 aliphatic heterocycles. The van der Waals surface area contributed by atoms with Crippen molar-refractivity contribution in [1.82, 2.24) is 5.32 Å². The summed E-state index contributed by atoms with van der Waals surface area (Å²) in [5.41, 5.74) is 0.185. The molecule has 1 aliphatic rings. The second-order valence-electron chi connectivity index (χ2n) is 5.01. The third-order valence-electron chi connectivity index (χ3n) is 3.74. The maximum atomic E-state index is 11.9. The summed E-state index contributed by atoms with van der Waals surface area (Å²) in [5, 5.41) is 12.5. The van der Waals surface area contributed by atoms with Crippen LogP contribution in [0.2, 0.25) is 5.22 Å². The highest BCUT2D eigenvalue weighted by Crippen LogP contribution is 2.35. The van der Waals surface area contributed by atoms with E-state index in [2.05, 4.69) is 5.32 Å². The van der Waals surface area contributed by atoms with E-state index in [1.165, 1.54) is 12.7 Å². The van der Waals surface area contributed by atoms with Crippen LogP contribution >= 0.6 is 11.6 Å². The van der Waals surface area contributed by atoms with E-state index >= 15 is 0 Å². The highest BCUT2D eigenvalue weighted by Gasteiger charge is 2.32. The van der Waals surface area contributed by atoms with Crippen molar-refractivity contribution in [1.29, 1.82) is 0 Å². The normalized spacial score (nSPS) is 18.6. The molecule has 0 spiro atoms. The topological polar surface area (TPSA) is 62.5 Å². The van der Waals surface area contributed by atoms with Crippen molar-refractivity contribution >= 4 is 17.5 Å². The maximum absolute atomic E-state index is 11.9. The minimum atomic E-state index is -0.243. The lowest BCUT2D eigenvalue weighted by atomic mass is 9.74. The fourth-order valence-electron chi connectivity index (χ4n) is 2.51. The van der Waals surface area contributed by atoms with Gasteiger partial charge in [-0.25, -0.2) is 0 Å². The smallest absolute Gasteiger partial charge is 0.256 e. The lowest BCUT2D eigenvalue weighted by molar-refractivity contribution is 0.0718. The molecule has 1 aliphatic carbocycles. The van der Waals surface area contributed by atoms with Crippen molar-refractivity contribution in [2.75, 3.05) is 13.2 Å². The first-order valence-corrected chi connectivity index (χ1v) is 6.67. The van der Waals surface area contributed by atoms with Crippen LogP contribution in [0.4, 0.5) is 0 Å². The van der Waals surface area contributed by atoms with E-state index in [0.717, 1.165) is 25.7 Å². The molecule has 4 nitrogen and oxygen atoms in total. The van der Waals surface area contributed by atoms with Crippen molar-refractivity contribution in [2.24, 2.45) is 5.41 Å². The van der Waals surface area contributed by atoms with Crippen molar-refractivity contribution < 1.29 is 14.3 Å². The molecule has 5 heteroatoms. The number of furan rings is 1. The number of rotatable bonds is 4. The summed E-state index contributed by atoms with van der Waals surface area (Å²) in [7, 11) is 0. The fraction of sp³-hybridized carbons (Fsp3) is 0.615. The molecule has 0 unspecified atom stereocenters. The SMILES string of the molecule is O=C(NCC1(CO)CCCCC1)c1ccoc1Cl. The summed E-state index contributed by atoms with van der Waals surface area (Å²) in [6, 6.07) is 1.55. The Labute approximate surface area is 111 Å². The first-order valence-electron chi connectivity index (χ1n) is 6.29. The predicted octanol–water partition coefficient (Wildman–Crippen LogP) is 2.61. The average Bonchev–Trinajstić information content (AvgIpc) is 2.83. The van der Waals surface area contributed by atoms with Crippen LogP contribution in [-0.2, 0) is 0 Å². The first kappa shape index (κ1) is 13.4. The number of carbonyl (C=O) groups is 1. The van der Waals surface area contributed by atoms with E-state index in [-0.39, 0.29) is 23.1 Å². The van der Waals surface area contributed by atoms with Crippen LogP contribution in [0.5, 0.6) is 0 Å². The van der Waals surface area contributed by atoms with E-state index in [1.54, 1.807) is 6.07 Å². The Morgan fingerprint density at radius 1 is 1.44 bits per heavy atom. The number of nitrogens with one attached hydrogen (secondary N) is 1. The van der Waals surface area contributed by atoms with Gasteiger partial charge in [0.2, 0.25) is 5.22 Å². The van der Waals surface area contributed by atoms with Gasteiger partial charge in [-0.15, -0.1) is 0 Å². The van der Waals surface area contributed by atoms with Crippen LogP contribution in [-0.4, -0.2) is 24.2 Å². The van der Waals surface area contributed by atoms with Crippen molar-refractivity contribution in [3.05, 3.63) is 23.1 Å². The van der Waals surface area contributed by atoms with Gasteiger partial charge in [-0.3, -0.25) is 4.79 Å². The van der Waals surface area contributed by atoms with E-state index in [9.17, 15) is 9.90 Å². The fourth-order valence-corrected chi connectivity index (χ4v) is 2.71. The Morgan fingerprint density at radius 3 is 2.72 bits per heavy atom. The molecule has 1 saturated carbocycles. The Hall–Kier alpha value is -1.00.